The minimum atomic E-state index is -0.163. The highest BCUT2D eigenvalue weighted by atomic mass is 79.9. The van der Waals surface area contributed by atoms with Gasteiger partial charge in [0.1, 0.15) is 6.17 Å². The fourth-order valence-electron chi connectivity index (χ4n) is 2.43. The predicted octanol–water partition coefficient (Wildman–Crippen LogP) is 1.79. The van der Waals surface area contributed by atoms with E-state index in [1.165, 1.54) is 0 Å². The topological polar surface area (TPSA) is 66.1 Å². The second kappa shape index (κ2) is 6.34. The molecule has 0 radical (unpaired) electrons. The fourth-order valence-corrected chi connectivity index (χ4v) is 3.01. The number of carbonyl (C=O) groups is 1. The molecule has 1 aliphatic heterocycles. The first-order chi connectivity index (χ1) is 10.3. The first kappa shape index (κ1) is 14.2. The number of nitrogens with zero attached hydrogens (tertiary/aromatic N) is 1. The third kappa shape index (κ3) is 3.12. The summed E-state index contributed by atoms with van der Waals surface area (Å²) in [5, 5.41) is 3.01. The van der Waals surface area contributed by atoms with Gasteiger partial charge in [-0.15, -0.1) is 0 Å². The minimum absolute atomic E-state index is 0.115. The maximum absolute atomic E-state index is 12.2. The summed E-state index contributed by atoms with van der Waals surface area (Å²) in [6, 6.07) is 11.5. The molecule has 3 N–H and O–H groups in total. The average molecular weight is 347 g/mol. The number of rotatable bonds is 3. The average Bonchev–Trinajstić information content (AvgIpc) is 2.96. The molecule has 2 atom stereocenters. The van der Waals surface area contributed by atoms with Gasteiger partial charge in [0, 0.05) is 34.9 Å². The Morgan fingerprint density at radius 3 is 2.76 bits per heavy atom. The molecule has 0 aliphatic carbocycles. The molecule has 1 saturated heterocycles. The monoisotopic (exact) mass is 346 g/mol. The summed E-state index contributed by atoms with van der Waals surface area (Å²) in [6.07, 6.45) is 3.06. The molecule has 0 spiro atoms. The fraction of sp³-hybridized carbons (Fsp3) is 0.200. The summed E-state index contributed by atoms with van der Waals surface area (Å²) in [5.74, 6) is 0.0435. The lowest BCUT2D eigenvalue weighted by molar-refractivity contribution is 0.0928. The van der Waals surface area contributed by atoms with E-state index in [2.05, 4.69) is 43.1 Å². The summed E-state index contributed by atoms with van der Waals surface area (Å²) in [4.78, 5) is 16.2. The van der Waals surface area contributed by atoms with Gasteiger partial charge in [-0.25, -0.2) is 5.43 Å². The molecule has 6 heteroatoms. The highest BCUT2D eigenvalue weighted by Crippen LogP contribution is 2.28. The van der Waals surface area contributed by atoms with Gasteiger partial charge in [0.15, 0.2) is 0 Å². The molecule has 1 aromatic carbocycles. The molecule has 2 aromatic rings. The smallest absolute Gasteiger partial charge is 0.252 e. The van der Waals surface area contributed by atoms with Crippen LogP contribution in [-0.4, -0.2) is 23.6 Å². The van der Waals surface area contributed by atoms with Gasteiger partial charge in [0.2, 0.25) is 0 Å². The van der Waals surface area contributed by atoms with Crippen LogP contribution in [0.5, 0.6) is 0 Å². The number of halogens is 1. The zero-order valence-electron chi connectivity index (χ0n) is 11.2. The van der Waals surface area contributed by atoms with Crippen LogP contribution in [-0.2, 0) is 0 Å². The van der Waals surface area contributed by atoms with E-state index in [1.54, 1.807) is 24.5 Å². The second-order valence-electron chi connectivity index (χ2n) is 4.84. The van der Waals surface area contributed by atoms with E-state index in [-0.39, 0.29) is 18.0 Å². The van der Waals surface area contributed by atoms with E-state index in [9.17, 15) is 4.79 Å². The molecule has 2 unspecified atom stereocenters. The highest BCUT2D eigenvalue weighted by Gasteiger charge is 2.30. The van der Waals surface area contributed by atoms with E-state index < -0.39 is 0 Å². The SMILES string of the molecule is O=C(NC1NNCC1c1ccccc1Br)c1ccncc1. The van der Waals surface area contributed by atoms with Gasteiger partial charge in [-0.2, -0.15) is 0 Å². The van der Waals surface area contributed by atoms with E-state index in [0.29, 0.717) is 5.56 Å². The van der Waals surface area contributed by atoms with Crippen LogP contribution < -0.4 is 16.2 Å². The second-order valence-corrected chi connectivity index (χ2v) is 5.69. The van der Waals surface area contributed by atoms with Gasteiger partial charge >= 0.3 is 0 Å². The molecule has 0 bridgehead atoms. The number of benzene rings is 1. The van der Waals surface area contributed by atoms with E-state index in [0.717, 1.165) is 16.6 Å². The van der Waals surface area contributed by atoms with Gasteiger partial charge in [0.25, 0.3) is 5.91 Å². The molecule has 1 aliphatic rings. The van der Waals surface area contributed by atoms with Crippen molar-refractivity contribution in [1.82, 2.24) is 21.2 Å². The standard InChI is InChI=1S/C15H15BrN4O/c16-13-4-2-1-3-11(13)12-9-18-20-14(12)19-15(21)10-5-7-17-8-6-10/h1-8,12,14,18,20H,9H2,(H,19,21). The summed E-state index contributed by atoms with van der Waals surface area (Å²) in [6.45, 7) is 0.754. The van der Waals surface area contributed by atoms with Gasteiger partial charge in [-0.3, -0.25) is 15.2 Å². The number of amides is 1. The third-order valence-electron chi connectivity index (χ3n) is 3.52. The molecular weight excluding hydrogens is 332 g/mol. The molecule has 5 nitrogen and oxygen atoms in total. The number of hydrogen-bond donors (Lipinski definition) is 3. The van der Waals surface area contributed by atoms with Crippen molar-refractivity contribution < 1.29 is 4.79 Å². The van der Waals surface area contributed by atoms with Crippen molar-refractivity contribution in [1.29, 1.82) is 0 Å². The van der Waals surface area contributed by atoms with Crippen LogP contribution in [0, 0.1) is 0 Å². The van der Waals surface area contributed by atoms with Gasteiger partial charge in [-0.05, 0) is 23.8 Å². The Hall–Kier alpha value is -1.76. The van der Waals surface area contributed by atoms with Crippen LogP contribution in [0.4, 0.5) is 0 Å². The minimum Gasteiger partial charge on any atom is -0.335 e. The lowest BCUT2D eigenvalue weighted by Crippen LogP contribution is -2.46. The van der Waals surface area contributed by atoms with Crippen molar-refractivity contribution in [2.45, 2.75) is 12.1 Å². The third-order valence-corrected chi connectivity index (χ3v) is 4.24. The number of hydrazine groups is 1. The molecule has 108 valence electrons. The maximum atomic E-state index is 12.2. The predicted molar refractivity (Wildman–Crippen MR) is 83.5 cm³/mol. The largest absolute Gasteiger partial charge is 0.335 e. The van der Waals surface area contributed by atoms with Gasteiger partial charge in [0.05, 0.1) is 0 Å². The molecule has 1 fully saturated rings. The number of aromatic nitrogens is 1. The number of carbonyl (C=O) groups excluding carboxylic acids is 1. The molecule has 1 amide bonds. The zero-order valence-corrected chi connectivity index (χ0v) is 12.8. The van der Waals surface area contributed by atoms with Crippen LogP contribution >= 0.6 is 15.9 Å². The van der Waals surface area contributed by atoms with Crippen LogP contribution in [0.25, 0.3) is 0 Å². The Bertz CT molecular complexity index is 635. The first-order valence-corrected chi connectivity index (χ1v) is 7.49. The number of hydrogen-bond acceptors (Lipinski definition) is 4. The Morgan fingerprint density at radius 1 is 1.24 bits per heavy atom. The van der Waals surface area contributed by atoms with Crippen molar-refractivity contribution in [3.8, 4) is 0 Å². The van der Waals surface area contributed by atoms with E-state index in [1.807, 2.05) is 18.2 Å². The van der Waals surface area contributed by atoms with Crippen molar-refractivity contribution in [3.63, 3.8) is 0 Å². The van der Waals surface area contributed by atoms with E-state index >= 15 is 0 Å². The molecule has 1 aromatic heterocycles. The quantitative estimate of drug-likeness (QED) is 0.792. The molecular formula is C15H15BrN4O. The zero-order chi connectivity index (χ0) is 14.7. The Balaban J connectivity index is 1.76. The summed E-state index contributed by atoms with van der Waals surface area (Å²) >= 11 is 3.57. The van der Waals surface area contributed by atoms with Crippen molar-refractivity contribution in [2.24, 2.45) is 0 Å². The lowest BCUT2D eigenvalue weighted by Gasteiger charge is -2.21. The number of pyridine rings is 1. The van der Waals surface area contributed by atoms with Crippen molar-refractivity contribution in [3.05, 3.63) is 64.4 Å². The highest BCUT2D eigenvalue weighted by molar-refractivity contribution is 9.10. The van der Waals surface area contributed by atoms with E-state index in [4.69, 9.17) is 0 Å². The summed E-state index contributed by atoms with van der Waals surface area (Å²) in [5.41, 5.74) is 7.99. The molecule has 0 saturated carbocycles. The van der Waals surface area contributed by atoms with Crippen LogP contribution in [0.3, 0.4) is 0 Å². The van der Waals surface area contributed by atoms with Crippen LogP contribution in [0.1, 0.15) is 21.8 Å². The van der Waals surface area contributed by atoms with Crippen molar-refractivity contribution >= 4 is 21.8 Å². The Morgan fingerprint density at radius 2 is 2.00 bits per heavy atom. The maximum Gasteiger partial charge on any atom is 0.252 e. The molecule has 21 heavy (non-hydrogen) atoms. The summed E-state index contributed by atoms with van der Waals surface area (Å²) in [7, 11) is 0. The lowest BCUT2D eigenvalue weighted by atomic mass is 9.97. The Labute approximate surface area is 131 Å². The van der Waals surface area contributed by atoms with Crippen LogP contribution in [0.2, 0.25) is 0 Å². The Kier molecular flexibility index (Phi) is 4.28. The van der Waals surface area contributed by atoms with Gasteiger partial charge in [-0.1, -0.05) is 34.1 Å². The van der Waals surface area contributed by atoms with Crippen LogP contribution in [0.15, 0.2) is 53.3 Å². The first-order valence-electron chi connectivity index (χ1n) is 6.69. The molecule has 3 rings (SSSR count). The van der Waals surface area contributed by atoms with Gasteiger partial charge < -0.3 is 5.32 Å². The summed E-state index contributed by atoms with van der Waals surface area (Å²) < 4.78 is 1.05. The number of nitrogens with one attached hydrogen (secondary N) is 3. The van der Waals surface area contributed by atoms with Crippen molar-refractivity contribution in [2.75, 3.05) is 6.54 Å². The normalized spacial score (nSPS) is 21.2. The molecule has 2 heterocycles.